The lowest BCUT2D eigenvalue weighted by Gasteiger charge is -2.19. The number of phenols is 1. The van der Waals surface area contributed by atoms with Crippen LogP contribution in [-0.2, 0) is 10.2 Å². The van der Waals surface area contributed by atoms with E-state index in [2.05, 4.69) is 4.72 Å². The third-order valence-electron chi connectivity index (χ3n) is 2.24. The number of hydrogen-bond donors (Lipinski definition) is 2. The fourth-order valence-electron chi connectivity index (χ4n) is 1.36. The molecule has 96 valence electrons. The first-order valence-electron chi connectivity index (χ1n) is 5.17. The first-order chi connectivity index (χ1) is 7.90. The van der Waals surface area contributed by atoms with E-state index in [1.54, 1.807) is 13.8 Å². The number of nitrogens with zero attached hydrogens (tertiary/aromatic N) is 1. The summed E-state index contributed by atoms with van der Waals surface area (Å²) in [6, 6.07) is 4.17. The Kier molecular flexibility index (Phi) is 4.62. The SMILES string of the molecule is CCN(CC)S(=O)(=O)Nc1cc(Cl)ccc1O. The van der Waals surface area contributed by atoms with Gasteiger partial charge in [-0.3, -0.25) is 4.72 Å². The lowest BCUT2D eigenvalue weighted by molar-refractivity contribution is 0.448. The van der Waals surface area contributed by atoms with Gasteiger partial charge in [-0.15, -0.1) is 0 Å². The molecule has 0 radical (unpaired) electrons. The molecule has 7 heteroatoms. The minimum absolute atomic E-state index is 0.0735. The third-order valence-corrected chi connectivity index (χ3v) is 4.15. The van der Waals surface area contributed by atoms with Gasteiger partial charge in [0.25, 0.3) is 0 Å². The van der Waals surface area contributed by atoms with Crippen LogP contribution in [0.2, 0.25) is 5.02 Å². The Hall–Kier alpha value is -0.980. The maximum absolute atomic E-state index is 11.9. The van der Waals surface area contributed by atoms with E-state index in [1.165, 1.54) is 22.5 Å². The largest absolute Gasteiger partial charge is 0.506 e. The summed E-state index contributed by atoms with van der Waals surface area (Å²) >= 11 is 5.73. The molecule has 5 nitrogen and oxygen atoms in total. The summed E-state index contributed by atoms with van der Waals surface area (Å²) in [4.78, 5) is 0. The highest BCUT2D eigenvalue weighted by atomic mass is 35.5. The van der Waals surface area contributed by atoms with Crippen molar-refractivity contribution in [3.05, 3.63) is 23.2 Å². The standard InChI is InChI=1S/C10H15ClN2O3S/c1-3-13(4-2)17(15,16)12-9-7-8(11)5-6-10(9)14/h5-7,12,14H,3-4H2,1-2H3. The first-order valence-corrected chi connectivity index (χ1v) is 6.99. The molecule has 0 aliphatic rings. The molecule has 1 rings (SSSR count). The lowest BCUT2D eigenvalue weighted by Crippen LogP contribution is -2.35. The Morgan fingerprint density at radius 3 is 2.47 bits per heavy atom. The van der Waals surface area contributed by atoms with Crippen LogP contribution < -0.4 is 4.72 Å². The third kappa shape index (κ3) is 3.49. The summed E-state index contributed by atoms with van der Waals surface area (Å²) in [7, 11) is -3.65. The highest BCUT2D eigenvalue weighted by Crippen LogP contribution is 2.27. The Labute approximate surface area is 106 Å². The molecule has 0 amide bonds. The average molecular weight is 279 g/mol. The number of halogens is 1. The van der Waals surface area contributed by atoms with Crippen LogP contribution in [-0.4, -0.2) is 30.9 Å². The normalized spacial score (nSPS) is 11.8. The molecular weight excluding hydrogens is 264 g/mol. The van der Waals surface area contributed by atoms with Crippen LogP contribution >= 0.6 is 11.6 Å². The fraction of sp³-hybridized carbons (Fsp3) is 0.400. The molecular formula is C10H15ClN2O3S. The maximum Gasteiger partial charge on any atom is 0.301 e. The number of hydrogen-bond acceptors (Lipinski definition) is 3. The predicted octanol–water partition coefficient (Wildman–Crippen LogP) is 2.04. The second-order valence-electron chi connectivity index (χ2n) is 3.35. The van der Waals surface area contributed by atoms with Gasteiger partial charge in [0.15, 0.2) is 0 Å². The molecule has 0 fully saturated rings. The van der Waals surface area contributed by atoms with Gasteiger partial charge in [0.05, 0.1) is 5.69 Å². The van der Waals surface area contributed by atoms with E-state index < -0.39 is 10.2 Å². The second kappa shape index (κ2) is 5.57. The van der Waals surface area contributed by atoms with Gasteiger partial charge in [-0.25, -0.2) is 0 Å². The molecule has 1 aromatic carbocycles. The summed E-state index contributed by atoms with van der Waals surface area (Å²) in [5.74, 6) is -0.162. The Bertz CT molecular complexity index is 486. The molecule has 0 saturated heterocycles. The molecule has 0 atom stereocenters. The van der Waals surface area contributed by atoms with E-state index >= 15 is 0 Å². The molecule has 0 aliphatic heterocycles. The Morgan fingerprint density at radius 1 is 1.35 bits per heavy atom. The Morgan fingerprint density at radius 2 is 1.94 bits per heavy atom. The number of phenolic OH excluding ortho intramolecular Hbond substituents is 1. The number of aromatic hydroxyl groups is 1. The number of benzene rings is 1. The van der Waals surface area contributed by atoms with E-state index in [0.29, 0.717) is 18.1 Å². The maximum atomic E-state index is 11.9. The topological polar surface area (TPSA) is 69.6 Å². The molecule has 0 bridgehead atoms. The van der Waals surface area contributed by atoms with Crippen molar-refractivity contribution in [2.45, 2.75) is 13.8 Å². The molecule has 0 aliphatic carbocycles. The fourth-order valence-corrected chi connectivity index (χ4v) is 2.78. The van der Waals surface area contributed by atoms with Crippen LogP contribution in [0.25, 0.3) is 0 Å². The van der Waals surface area contributed by atoms with Gasteiger partial charge in [0.2, 0.25) is 0 Å². The summed E-state index contributed by atoms with van der Waals surface area (Å²) in [6.07, 6.45) is 0. The molecule has 17 heavy (non-hydrogen) atoms. The van der Waals surface area contributed by atoms with Crippen molar-refractivity contribution in [1.82, 2.24) is 4.31 Å². The van der Waals surface area contributed by atoms with Gasteiger partial charge in [-0.05, 0) is 18.2 Å². The van der Waals surface area contributed by atoms with Gasteiger partial charge >= 0.3 is 10.2 Å². The summed E-state index contributed by atoms with van der Waals surface area (Å²) < 4.78 is 27.3. The van der Waals surface area contributed by atoms with Crippen molar-refractivity contribution in [2.75, 3.05) is 17.8 Å². The van der Waals surface area contributed by atoms with E-state index in [0.717, 1.165) is 0 Å². The molecule has 0 saturated carbocycles. The summed E-state index contributed by atoms with van der Waals surface area (Å²) in [6.45, 7) is 4.18. The van der Waals surface area contributed by atoms with Crippen LogP contribution in [0.4, 0.5) is 5.69 Å². The van der Waals surface area contributed by atoms with Crippen LogP contribution in [0.15, 0.2) is 18.2 Å². The smallest absolute Gasteiger partial charge is 0.301 e. The highest BCUT2D eigenvalue weighted by molar-refractivity contribution is 7.90. The zero-order valence-electron chi connectivity index (χ0n) is 9.64. The Balaban J connectivity index is 3.01. The van der Waals surface area contributed by atoms with Crippen molar-refractivity contribution in [3.63, 3.8) is 0 Å². The number of rotatable bonds is 5. The van der Waals surface area contributed by atoms with Gasteiger partial charge in [-0.2, -0.15) is 12.7 Å². The molecule has 2 N–H and O–H groups in total. The van der Waals surface area contributed by atoms with Crippen molar-refractivity contribution in [1.29, 1.82) is 0 Å². The zero-order valence-corrected chi connectivity index (χ0v) is 11.2. The van der Waals surface area contributed by atoms with Gasteiger partial charge < -0.3 is 5.11 Å². The highest BCUT2D eigenvalue weighted by Gasteiger charge is 2.19. The number of nitrogens with one attached hydrogen (secondary N) is 1. The predicted molar refractivity (Wildman–Crippen MR) is 68.6 cm³/mol. The second-order valence-corrected chi connectivity index (χ2v) is 5.46. The summed E-state index contributed by atoms with van der Waals surface area (Å²) in [5, 5.41) is 9.87. The van der Waals surface area contributed by atoms with Crippen LogP contribution in [0.5, 0.6) is 5.75 Å². The van der Waals surface area contributed by atoms with Crippen LogP contribution in [0, 0.1) is 0 Å². The van der Waals surface area contributed by atoms with E-state index in [9.17, 15) is 13.5 Å². The lowest BCUT2D eigenvalue weighted by atomic mass is 10.3. The van der Waals surface area contributed by atoms with Crippen molar-refractivity contribution < 1.29 is 13.5 Å². The van der Waals surface area contributed by atoms with Gasteiger partial charge in [0, 0.05) is 18.1 Å². The van der Waals surface area contributed by atoms with E-state index in [-0.39, 0.29) is 11.4 Å². The van der Waals surface area contributed by atoms with Crippen molar-refractivity contribution in [3.8, 4) is 5.75 Å². The van der Waals surface area contributed by atoms with Crippen LogP contribution in [0.3, 0.4) is 0 Å². The van der Waals surface area contributed by atoms with E-state index in [4.69, 9.17) is 11.6 Å². The molecule has 0 heterocycles. The summed E-state index contributed by atoms with van der Waals surface area (Å²) in [5.41, 5.74) is 0.0735. The molecule has 0 aromatic heterocycles. The minimum atomic E-state index is -3.65. The minimum Gasteiger partial charge on any atom is -0.506 e. The quantitative estimate of drug-likeness (QED) is 0.810. The molecule has 0 spiro atoms. The first kappa shape index (κ1) is 14.1. The van der Waals surface area contributed by atoms with Crippen molar-refractivity contribution in [2.24, 2.45) is 0 Å². The monoisotopic (exact) mass is 278 g/mol. The van der Waals surface area contributed by atoms with E-state index in [1.807, 2.05) is 0 Å². The zero-order chi connectivity index (χ0) is 13.1. The molecule has 0 unspecified atom stereocenters. The number of anilines is 1. The van der Waals surface area contributed by atoms with Gasteiger partial charge in [-0.1, -0.05) is 25.4 Å². The van der Waals surface area contributed by atoms with Crippen LogP contribution in [0.1, 0.15) is 13.8 Å². The van der Waals surface area contributed by atoms with Crippen molar-refractivity contribution >= 4 is 27.5 Å². The van der Waals surface area contributed by atoms with Gasteiger partial charge in [0.1, 0.15) is 5.75 Å². The average Bonchev–Trinajstić information content (AvgIpc) is 2.24. The molecule has 1 aromatic rings.